The summed E-state index contributed by atoms with van der Waals surface area (Å²) in [6, 6.07) is 10.0. The molecule has 3 nitrogen and oxygen atoms in total. The van der Waals surface area contributed by atoms with Gasteiger partial charge < -0.3 is 15.2 Å². The third-order valence-corrected chi connectivity index (χ3v) is 3.21. The van der Waals surface area contributed by atoms with Gasteiger partial charge in [-0.15, -0.1) is 0 Å². The van der Waals surface area contributed by atoms with Crippen molar-refractivity contribution in [2.75, 3.05) is 14.2 Å². The smallest absolute Gasteiger partial charge is 0.131 e. The SMILES string of the molecule is COc1cccc(OC)c1-c1cc(C(C)N)ccc1F. The maximum absolute atomic E-state index is 14.2. The highest BCUT2D eigenvalue weighted by Gasteiger charge is 2.17. The van der Waals surface area contributed by atoms with Crippen LogP contribution in [0.4, 0.5) is 4.39 Å². The van der Waals surface area contributed by atoms with Crippen LogP contribution < -0.4 is 15.2 Å². The number of ether oxygens (including phenoxy) is 2. The minimum absolute atomic E-state index is 0.171. The summed E-state index contributed by atoms with van der Waals surface area (Å²) in [6.45, 7) is 1.86. The molecule has 0 heterocycles. The summed E-state index contributed by atoms with van der Waals surface area (Å²) < 4.78 is 24.8. The average molecular weight is 275 g/mol. The van der Waals surface area contributed by atoms with Crippen LogP contribution in [-0.2, 0) is 0 Å². The molecule has 0 saturated carbocycles. The molecule has 0 saturated heterocycles. The molecule has 0 aliphatic carbocycles. The lowest BCUT2D eigenvalue weighted by molar-refractivity contribution is 0.397. The first kappa shape index (κ1) is 14.3. The van der Waals surface area contributed by atoms with Crippen LogP contribution in [0.2, 0.25) is 0 Å². The summed E-state index contributed by atoms with van der Waals surface area (Å²) in [7, 11) is 3.09. The van der Waals surface area contributed by atoms with Crippen LogP contribution >= 0.6 is 0 Å². The topological polar surface area (TPSA) is 44.5 Å². The fraction of sp³-hybridized carbons (Fsp3) is 0.250. The van der Waals surface area contributed by atoms with Crippen molar-refractivity contribution in [2.24, 2.45) is 5.73 Å². The Labute approximate surface area is 118 Å². The first-order valence-electron chi connectivity index (χ1n) is 6.35. The molecule has 106 valence electrons. The summed E-state index contributed by atoms with van der Waals surface area (Å²) in [5.41, 5.74) is 7.74. The molecule has 0 amide bonds. The molecule has 2 aromatic carbocycles. The zero-order valence-electron chi connectivity index (χ0n) is 11.8. The van der Waals surface area contributed by atoms with E-state index in [-0.39, 0.29) is 11.9 Å². The zero-order chi connectivity index (χ0) is 14.7. The Morgan fingerprint density at radius 1 is 1.05 bits per heavy atom. The van der Waals surface area contributed by atoms with Crippen LogP contribution in [0, 0.1) is 5.82 Å². The van der Waals surface area contributed by atoms with E-state index in [4.69, 9.17) is 15.2 Å². The van der Waals surface area contributed by atoms with E-state index in [0.29, 0.717) is 22.6 Å². The Bertz CT molecular complexity index is 589. The normalized spacial score (nSPS) is 12.1. The molecule has 0 aliphatic heterocycles. The highest BCUT2D eigenvalue weighted by Crippen LogP contribution is 2.40. The lowest BCUT2D eigenvalue weighted by Crippen LogP contribution is -2.05. The minimum Gasteiger partial charge on any atom is -0.496 e. The van der Waals surface area contributed by atoms with E-state index in [1.165, 1.54) is 6.07 Å². The monoisotopic (exact) mass is 275 g/mol. The summed E-state index contributed by atoms with van der Waals surface area (Å²) in [6.07, 6.45) is 0. The van der Waals surface area contributed by atoms with Crippen LogP contribution in [0.5, 0.6) is 11.5 Å². The average Bonchev–Trinajstić information content (AvgIpc) is 2.46. The molecule has 20 heavy (non-hydrogen) atoms. The predicted molar refractivity (Wildman–Crippen MR) is 77.5 cm³/mol. The Morgan fingerprint density at radius 2 is 1.65 bits per heavy atom. The Hall–Kier alpha value is -2.07. The summed E-state index contributed by atoms with van der Waals surface area (Å²) in [5, 5.41) is 0. The quantitative estimate of drug-likeness (QED) is 0.928. The molecule has 0 aromatic heterocycles. The van der Waals surface area contributed by atoms with Crippen LogP contribution in [0.15, 0.2) is 36.4 Å². The van der Waals surface area contributed by atoms with Gasteiger partial charge in [0.25, 0.3) is 0 Å². The number of rotatable bonds is 4. The van der Waals surface area contributed by atoms with Gasteiger partial charge in [-0.2, -0.15) is 0 Å². The van der Waals surface area contributed by atoms with Gasteiger partial charge in [0.1, 0.15) is 17.3 Å². The zero-order valence-corrected chi connectivity index (χ0v) is 11.8. The molecule has 0 spiro atoms. The first-order valence-corrected chi connectivity index (χ1v) is 6.35. The fourth-order valence-corrected chi connectivity index (χ4v) is 2.13. The van der Waals surface area contributed by atoms with Crippen molar-refractivity contribution >= 4 is 0 Å². The molecule has 2 rings (SSSR count). The maximum atomic E-state index is 14.2. The fourth-order valence-electron chi connectivity index (χ4n) is 2.13. The van der Waals surface area contributed by atoms with Gasteiger partial charge in [0, 0.05) is 11.6 Å². The van der Waals surface area contributed by atoms with E-state index in [1.807, 2.05) is 6.92 Å². The number of hydrogen-bond acceptors (Lipinski definition) is 3. The number of halogens is 1. The number of nitrogens with two attached hydrogens (primary N) is 1. The van der Waals surface area contributed by atoms with E-state index >= 15 is 0 Å². The van der Waals surface area contributed by atoms with Crippen LogP contribution in [0.3, 0.4) is 0 Å². The highest BCUT2D eigenvalue weighted by molar-refractivity contribution is 5.77. The minimum atomic E-state index is -0.336. The molecular weight excluding hydrogens is 257 g/mol. The van der Waals surface area contributed by atoms with E-state index in [9.17, 15) is 4.39 Å². The van der Waals surface area contributed by atoms with E-state index < -0.39 is 0 Å². The van der Waals surface area contributed by atoms with Gasteiger partial charge in [0.15, 0.2) is 0 Å². The first-order chi connectivity index (χ1) is 9.58. The second kappa shape index (κ2) is 5.92. The molecule has 0 fully saturated rings. The van der Waals surface area contributed by atoms with Crippen LogP contribution in [0.1, 0.15) is 18.5 Å². The van der Waals surface area contributed by atoms with Gasteiger partial charge in [-0.25, -0.2) is 4.39 Å². The molecular formula is C16H18FNO2. The maximum Gasteiger partial charge on any atom is 0.131 e. The summed E-state index contributed by atoms with van der Waals surface area (Å²) in [4.78, 5) is 0. The third-order valence-electron chi connectivity index (χ3n) is 3.21. The second-order valence-corrected chi connectivity index (χ2v) is 4.57. The van der Waals surface area contributed by atoms with Gasteiger partial charge >= 0.3 is 0 Å². The van der Waals surface area contributed by atoms with Crippen molar-refractivity contribution in [1.29, 1.82) is 0 Å². The Morgan fingerprint density at radius 3 is 2.15 bits per heavy atom. The van der Waals surface area contributed by atoms with E-state index in [1.54, 1.807) is 44.6 Å². The predicted octanol–water partition coefficient (Wildman–Crippen LogP) is 3.53. The molecule has 2 N–H and O–H groups in total. The van der Waals surface area contributed by atoms with Crippen molar-refractivity contribution in [3.8, 4) is 22.6 Å². The molecule has 0 radical (unpaired) electrons. The molecule has 4 heteroatoms. The largest absolute Gasteiger partial charge is 0.496 e. The van der Waals surface area contributed by atoms with Crippen molar-refractivity contribution in [2.45, 2.75) is 13.0 Å². The summed E-state index contributed by atoms with van der Waals surface area (Å²) >= 11 is 0. The van der Waals surface area contributed by atoms with Crippen molar-refractivity contribution < 1.29 is 13.9 Å². The van der Waals surface area contributed by atoms with Crippen molar-refractivity contribution in [3.05, 3.63) is 47.8 Å². The van der Waals surface area contributed by atoms with Crippen LogP contribution in [-0.4, -0.2) is 14.2 Å². The third kappa shape index (κ3) is 2.60. The molecule has 0 bridgehead atoms. The molecule has 1 atom stereocenters. The van der Waals surface area contributed by atoms with Crippen LogP contribution in [0.25, 0.3) is 11.1 Å². The lowest BCUT2D eigenvalue weighted by Gasteiger charge is -2.15. The lowest BCUT2D eigenvalue weighted by atomic mass is 9.98. The van der Waals surface area contributed by atoms with Gasteiger partial charge in [-0.05, 0) is 36.8 Å². The van der Waals surface area contributed by atoms with E-state index in [2.05, 4.69) is 0 Å². The molecule has 2 aromatic rings. The Kier molecular flexibility index (Phi) is 4.25. The second-order valence-electron chi connectivity index (χ2n) is 4.57. The molecule has 1 unspecified atom stereocenters. The Balaban J connectivity index is 2.70. The van der Waals surface area contributed by atoms with Gasteiger partial charge in [-0.1, -0.05) is 12.1 Å². The van der Waals surface area contributed by atoms with Gasteiger partial charge in [-0.3, -0.25) is 0 Å². The van der Waals surface area contributed by atoms with Crippen molar-refractivity contribution in [3.63, 3.8) is 0 Å². The number of hydrogen-bond donors (Lipinski definition) is 1. The highest BCUT2D eigenvalue weighted by atomic mass is 19.1. The van der Waals surface area contributed by atoms with Gasteiger partial charge in [0.05, 0.1) is 19.8 Å². The molecule has 0 aliphatic rings. The van der Waals surface area contributed by atoms with Crippen molar-refractivity contribution in [1.82, 2.24) is 0 Å². The van der Waals surface area contributed by atoms with Gasteiger partial charge in [0.2, 0.25) is 0 Å². The standard InChI is InChI=1S/C16H18FNO2/c1-10(18)11-7-8-13(17)12(9-11)16-14(19-2)5-4-6-15(16)20-3/h4-10H,18H2,1-3H3. The number of benzene rings is 2. The summed E-state index contributed by atoms with van der Waals surface area (Å²) in [5.74, 6) is 0.785. The number of methoxy groups -OCH3 is 2. The van der Waals surface area contributed by atoms with E-state index in [0.717, 1.165) is 5.56 Å².